The van der Waals surface area contributed by atoms with E-state index in [1.807, 2.05) is 48.5 Å². The molecule has 0 bridgehead atoms. The monoisotopic (exact) mass is 364 g/mol. The van der Waals surface area contributed by atoms with E-state index in [-0.39, 0.29) is 11.7 Å². The molecule has 0 aliphatic rings. The van der Waals surface area contributed by atoms with Gasteiger partial charge in [-0.15, -0.1) is 0 Å². The second-order valence-electron chi connectivity index (χ2n) is 6.46. The van der Waals surface area contributed by atoms with Gasteiger partial charge in [-0.2, -0.15) is 0 Å². The molecule has 0 saturated carbocycles. The van der Waals surface area contributed by atoms with Crippen molar-refractivity contribution < 1.29 is 14.6 Å². The number of nitrogens with one attached hydrogen (secondary N) is 1. The average Bonchev–Trinajstić information content (AvgIpc) is 2.71. The van der Waals surface area contributed by atoms with Gasteiger partial charge in [-0.25, -0.2) is 0 Å². The van der Waals surface area contributed by atoms with Crippen LogP contribution in [0.3, 0.4) is 0 Å². The lowest BCUT2D eigenvalue weighted by Crippen LogP contribution is -2.29. The summed E-state index contributed by atoms with van der Waals surface area (Å²) >= 11 is 0. The number of pyridine rings is 1. The molecule has 0 radical (unpaired) electrons. The first-order valence-electron chi connectivity index (χ1n) is 9.14. The van der Waals surface area contributed by atoms with Gasteiger partial charge in [-0.05, 0) is 30.2 Å². The largest absolute Gasteiger partial charge is 0.505 e. The molecule has 3 rings (SSSR count). The van der Waals surface area contributed by atoms with Gasteiger partial charge in [-0.3, -0.25) is 9.78 Å². The molecule has 27 heavy (non-hydrogen) atoms. The Morgan fingerprint density at radius 1 is 1.19 bits per heavy atom. The highest BCUT2D eigenvalue weighted by atomic mass is 16.5. The van der Waals surface area contributed by atoms with Crippen LogP contribution in [0.1, 0.15) is 43.4 Å². The maximum absolute atomic E-state index is 12.4. The van der Waals surface area contributed by atoms with E-state index in [1.54, 1.807) is 13.3 Å². The van der Waals surface area contributed by atoms with Crippen molar-refractivity contribution in [2.24, 2.45) is 0 Å². The van der Waals surface area contributed by atoms with Gasteiger partial charge in [0.25, 0.3) is 0 Å². The molecule has 140 valence electrons. The summed E-state index contributed by atoms with van der Waals surface area (Å²) in [5.41, 5.74) is 2.01. The van der Waals surface area contributed by atoms with Gasteiger partial charge >= 0.3 is 0 Å². The van der Waals surface area contributed by atoms with E-state index in [4.69, 9.17) is 4.74 Å². The summed E-state index contributed by atoms with van der Waals surface area (Å²) in [6.45, 7) is 2.05. The van der Waals surface area contributed by atoms with Gasteiger partial charge < -0.3 is 15.2 Å². The van der Waals surface area contributed by atoms with E-state index in [2.05, 4.69) is 17.2 Å². The van der Waals surface area contributed by atoms with Crippen LogP contribution < -0.4 is 10.1 Å². The predicted molar refractivity (Wildman–Crippen MR) is 106 cm³/mol. The number of phenolic OH excluding ortho intramolecular Hbond substituents is 1. The number of aromatic hydroxyl groups is 1. The van der Waals surface area contributed by atoms with E-state index >= 15 is 0 Å². The first-order chi connectivity index (χ1) is 13.1. The standard InChI is InChI=1S/C22H24N2O3/c1-3-4-7-19(25)24-20(16-8-11-17(27-2)12-9-16)18-13-10-15-6-5-14-23-21(15)22(18)26/h5-6,8-14,20,26H,3-4,7H2,1-2H3,(H,24,25)/t20-/m0/s1. The molecule has 2 N–H and O–H groups in total. The molecule has 0 unspecified atom stereocenters. The van der Waals surface area contributed by atoms with Crippen LogP contribution in [0.2, 0.25) is 0 Å². The van der Waals surface area contributed by atoms with Crippen molar-refractivity contribution in [3.8, 4) is 11.5 Å². The Morgan fingerprint density at radius 2 is 1.96 bits per heavy atom. The smallest absolute Gasteiger partial charge is 0.220 e. The number of ether oxygens (including phenoxy) is 1. The maximum Gasteiger partial charge on any atom is 0.220 e. The molecule has 5 nitrogen and oxygen atoms in total. The van der Waals surface area contributed by atoms with Gasteiger partial charge in [0.2, 0.25) is 5.91 Å². The van der Waals surface area contributed by atoms with Crippen LogP contribution >= 0.6 is 0 Å². The summed E-state index contributed by atoms with van der Waals surface area (Å²) < 4.78 is 5.22. The summed E-state index contributed by atoms with van der Waals surface area (Å²) in [6, 6.07) is 14.5. The minimum Gasteiger partial charge on any atom is -0.505 e. The molecule has 1 aromatic heterocycles. The number of rotatable bonds is 7. The minimum atomic E-state index is -0.466. The number of aromatic nitrogens is 1. The third-order valence-electron chi connectivity index (χ3n) is 4.60. The van der Waals surface area contributed by atoms with Gasteiger partial charge in [0.1, 0.15) is 17.0 Å². The molecule has 1 atom stereocenters. The molecule has 3 aromatic rings. The van der Waals surface area contributed by atoms with Gasteiger partial charge in [0, 0.05) is 23.6 Å². The van der Waals surface area contributed by atoms with Crippen LogP contribution in [-0.2, 0) is 4.79 Å². The van der Waals surface area contributed by atoms with Crippen LogP contribution in [0.25, 0.3) is 10.9 Å². The van der Waals surface area contributed by atoms with E-state index in [1.165, 1.54) is 0 Å². The Balaban J connectivity index is 2.02. The second kappa shape index (κ2) is 8.54. The van der Waals surface area contributed by atoms with Crippen LogP contribution in [0, 0.1) is 0 Å². The highest BCUT2D eigenvalue weighted by molar-refractivity contribution is 5.86. The first-order valence-corrected chi connectivity index (χ1v) is 9.14. The highest BCUT2D eigenvalue weighted by Crippen LogP contribution is 2.35. The number of carbonyl (C=O) groups is 1. The highest BCUT2D eigenvalue weighted by Gasteiger charge is 2.21. The van der Waals surface area contributed by atoms with Crippen molar-refractivity contribution in [1.29, 1.82) is 0 Å². The number of nitrogens with zero attached hydrogens (tertiary/aromatic N) is 1. The Kier molecular flexibility index (Phi) is 5.91. The third kappa shape index (κ3) is 4.19. The lowest BCUT2D eigenvalue weighted by atomic mass is 9.96. The van der Waals surface area contributed by atoms with Gasteiger partial charge in [0.05, 0.1) is 13.2 Å². The van der Waals surface area contributed by atoms with Crippen molar-refractivity contribution >= 4 is 16.8 Å². The number of unbranched alkanes of at least 4 members (excludes halogenated alkanes) is 1. The van der Waals surface area contributed by atoms with E-state index in [0.29, 0.717) is 17.5 Å². The van der Waals surface area contributed by atoms with Crippen LogP contribution in [0.15, 0.2) is 54.7 Å². The third-order valence-corrected chi connectivity index (χ3v) is 4.60. The summed E-state index contributed by atoms with van der Waals surface area (Å²) in [7, 11) is 1.61. The molecule has 0 aliphatic heterocycles. The number of phenols is 1. The van der Waals surface area contributed by atoms with Crippen molar-refractivity contribution in [3.05, 3.63) is 65.9 Å². The molecule has 0 saturated heterocycles. The zero-order chi connectivity index (χ0) is 19.2. The molecule has 2 aromatic carbocycles. The minimum absolute atomic E-state index is 0.0433. The summed E-state index contributed by atoms with van der Waals surface area (Å²) in [5.74, 6) is 0.780. The summed E-state index contributed by atoms with van der Waals surface area (Å²) in [4.78, 5) is 16.7. The molecular formula is C22H24N2O3. The summed E-state index contributed by atoms with van der Waals surface area (Å²) in [5, 5.41) is 14.7. The molecule has 0 aliphatic carbocycles. The number of fused-ring (bicyclic) bond motifs is 1. The van der Waals surface area contributed by atoms with Crippen molar-refractivity contribution in [2.75, 3.05) is 7.11 Å². The Bertz CT molecular complexity index is 922. The topological polar surface area (TPSA) is 71.5 Å². The Morgan fingerprint density at radius 3 is 2.67 bits per heavy atom. The van der Waals surface area contributed by atoms with Crippen LogP contribution in [-0.4, -0.2) is 23.1 Å². The number of amides is 1. The number of benzene rings is 2. The maximum atomic E-state index is 12.4. The van der Waals surface area contributed by atoms with E-state index < -0.39 is 6.04 Å². The number of hydrogen-bond acceptors (Lipinski definition) is 4. The molecule has 1 heterocycles. The first kappa shape index (κ1) is 18.7. The zero-order valence-electron chi connectivity index (χ0n) is 15.6. The molecular weight excluding hydrogens is 340 g/mol. The fraction of sp³-hybridized carbons (Fsp3) is 0.273. The van der Waals surface area contributed by atoms with Crippen LogP contribution in [0.5, 0.6) is 11.5 Å². The number of carbonyl (C=O) groups excluding carboxylic acids is 1. The quantitative estimate of drug-likeness (QED) is 0.654. The molecule has 5 heteroatoms. The molecule has 1 amide bonds. The fourth-order valence-electron chi connectivity index (χ4n) is 3.09. The zero-order valence-corrected chi connectivity index (χ0v) is 15.6. The number of hydrogen-bond donors (Lipinski definition) is 2. The average molecular weight is 364 g/mol. The predicted octanol–water partition coefficient (Wildman–Crippen LogP) is 4.34. The molecule has 0 spiro atoms. The normalized spacial score (nSPS) is 11.9. The Labute approximate surface area is 159 Å². The fourth-order valence-corrected chi connectivity index (χ4v) is 3.09. The summed E-state index contributed by atoms with van der Waals surface area (Å²) in [6.07, 6.45) is 3.88. The Hall–Kier alpha value is -3.08. The van der Waals surface area contributed by atoms with Crippen molar-refractivity contribution in [3.63, 3.8) is 0 Å². The van der Waals surface area contributed by atoms with Crippen molar-refractivity contribution in [1.82, 2.24) is 10.3 Å². The second-order valence-corrected chi connectivity index (χ2v) is 6.46. The molecule has 0 fully saturated rings. The SMILES string of the molecule is CCCCC(=O)N[C@@H](c1ccc(OC)cc1)c1ccc2cccnc2c1O. The lowest BCUT2D eigenvalue weighted by Gasteiger charge is -2.21. The number of methoxy groups -OCH3 is 1. The van der Waals surface area contributed by atoms with Gasteiger partial charge in [-0.1, -0.05) is 43.7 Å². The van der Waals surface area contributed by atoms with E-state index in [9.17, 15) is 9.90 Å². The lowest BCUT2D eigenvalue weighted by molar-refractivity contribution is -0.121. The van der Waals surface area contributed by atoms with Crippen molar-refractivity contribution in [2.45, 2.75) is 32.2 Å². The van der Waals surface area contributed by atoms with E-state index in [0.717, 1.165) is 29.5 Å². The van der Waals surface area contributed by atoms with Crippen LogP contribution in [0.4, 0.5) is 0 Å². The van der Waals surface area contributed by atoms with Gasteiger partial charge in [0.15, 0.2) is 0 Å².